The van der Waals surface area contributed by atoms with Gasteiger partial charge in [0.05, 0.1) is 0 Å². The van der Waals surface area contributed by atoms with E-state index in [2.05, 4.69) is 0 Å². The highest BCUT2D eigenvalue weighted by atomic mass is 19.1. The number of benzene rings is 2. The molecule has 2 aromatic carbocycles. The summed E-state index contributed by atoms with van der Waals surface area (Å²) in [6.45, 7) is 0. The summed E-state index contributed by atoms with van der Waals surface area (Å²) in [7, 11) is 0. The van der Waals surface area contributed by atoms with Gasteiger partial charge in [0.15, 0.2) is 11.6 Å². The van der Waals surface area contributed by atoms with E-state index in [1.807, 2.05) is 0 Å². The van der Waals surface area contributed by atoms with Gasteiger partial charge in [-0.15, -0.1) is 0 Å². The Morgan fingerprint density at radius 3 is 2.05 bits per heavy atom. The summed E-state index contributed by atoms with van der Waals surface area (Å²) in [6, 6.07) is 5.61. The number of halogens is 4. The van der Waals surface area contributed by atoms with Gasteiger partial charge in [0.1, 0.15) is 29.2 Å². The van der Waals surface area contributed by atoms with Crippen LogP contribution < -0.4 is 4.74 Å². The second-order valence-electron chi connectivity index (χ2n) is 5.31. The van der Waals surface area contributed by atoms with Crippen LogP contribution in [-0.2, 0) is 0 Å². The monoisotopic (exact) mass is 312 g/mol. The minimum absolute atomic E-state index is 0.124. The lowest BCUT2D eigenvalue weighted by Gasteiger charge is -2.24. The van der Waals surface area contributed by atoms with E-state index in [9.17, 15) is 22.7 Å². The van der Waals surface area contributed by atoms with Gasteiger partial charge in [-0.1, -0.05) is 6.07 Å². The highest BCUT2D eigenvalue weighted by Crippen LogP contribution is 2.50. The Balaban J connectivity index is 1.86. The molecule has 0 radical (unpaired) electrons. The van der Waals surface area contributed by atoms with Gasteiger partial charge in [0.25, 0.3) is 0 Å². The van der Waals surface area contributed by atoms with E-state index in [0.717, 1.165) is 24.3 Å². The van der Waals surface area contributed by atoms with Gasteiger partial charge in [-0.05, 0) is 31.0 Å². The number of aliphatic hydroxyl groups is 1. The van der Waals surface area contributed by atoms with E-state index in [-0.39, 0.29) is 11.3 Å². The predicted octanol–water partition coefficient (Wildman–Crippen LogP) is 3.89. The molecule has 1 unspecified atom stereocenters. The standard InChI is InChI=1S/C16H12F4O2/c17-9-1-3-11(12(19)7-9)15(21)16(5-6-16)22-14-4-2-10(18)8-13(14)20/h1-4,7-8,15,21H,5-6H2. The molecule has 0 aliphatic heterocycles. The number of aliphatic hydroxyl groups excluding tert-OH is 1. The lowest BCUT2D eigenvalue weighted by molar-refractivity contribution is 0.0117. The van der Waals surface area contributed by atoms with Gasteiger partial charge >= 0.3 is 0 Å². The number of rotatable bonds is 4. The van der Waals surface area contributed by atoms with E-state index in [1.54, 1.807) is 0 Å². The Morgan fingerprint density at radius 2 is 1.50 bits per heavy atom. The second kappa shape index (κ2) is 5.28. The Hall–Kier alpha value is -2.08. The van der Waals surface area contributed by atoms with Gasteiger partial charge < -0.3 is 9.84 Å². The molecular weight excluding hydrogens is 300 g/mol. The zero-order chi connectivity index (χ0) is 15.9. The summed E-state index contributed by atoms with van der Waals surface area (Å²) in [6.07, 6.45) is -0.624. The van der Waals surface area contributed by atoms with Crippen LogP contribution >= 0.6 is 0 Å². The molecule has 0 amide bonds. The largest absolute Gasteiger partial charge is 0.481 e. The molecule has 2 nitrogen and oxygen atoms in total. The Labute approximate surface area is 124 Å². The van der Waals surface area contributed by atoms with Gasteiger partial charge in [-0.25, -0.2) is 17.6 Å². The summed E-state index contributed by atoms with van der Waals surface area (Å²) in [5, 5.41) is 10.3. The van der Waals surface area contributed by atoms with E-state index >= 15 is 0 Å². The molecule has 0 aromatic heterocycles. The van der Waals surface area contributed by atoms with Gasteiger partial charge in [0.2, 0.25) is 0 Å². The highest BCUT2D eigenvalue weighted by Gasteiger charge is 2.53. The molecular formula is C16H12F4O2. The van der Waals surface area contributed by atoms with Crippen LogP contribution in [0.5, 0.6) is 5.75 Å². The van der Waals surface area contributed by atoms with Crippen LogP contribution in [0.25, 0.3) is 0 Å². The van der Waals surface area contributed by atoms with Crippen molar-refractivity contribution in [3.63, 3.8) is 0 Å². The third-order valence-corrected chi connectivity index (χ3v) is 3.71. The molecule has 1 aliphatic carbocycles. The first-order chi connectivity index (χ1) is 10.4. The molecule has 3 rings (SSSR count). The molecule has 116 valence electrons. The first kappa shape index (κ1) is 14.8. The first-order valence-electron chi connectivity index (χ1n) is 6.68. The van der Waals surface area contributed by atoms with Crippen molar-refractivity contribution in [3.05, 3.63) is 65.2 Å². The normalized spacial score (nSPS) is 17.1. The maximum absolute atomic E-state index is 13.8. The van der Waals surface area contributed by atoms with E-state index in [1.165, 1.54) is 0 Å². The predicted molar refractivity (Wildman–Crippen MR) is 70.3 cm³/mol. The van der Waals surface area contributed by atoms with Crippen LogP contribution in [0.2, 0.25) is 0 Å². The molecule has 1 aliphatic rings. The van der Waals surface area contributed by atoms with Crippen LogP contribution in [0.15, 0.2) is 36.4 Å². The fourth-order valence-electron chi connectivity index (χ4n) is 2.34. The van der Waals surface area contributed by atoms with Crippen molar-refractivity contribution in [2.45, 2.75) is 24.5 Å². The average molecular weight is 312 g/mol. The van der Waals surface area contributed by atoms with E-state index in [4.69, 9.17) is 4.74 Å². The van der Waals surface area contributed by atoms with Gasteiger partial charge in [-0.2, -0.15) is 0 Å². The lowest BCUT2D eigenvalue weighted by atomic mass is 10.0. The third kappa shape index (κ3) is 2.66. The Morgan fingerprint density at radius 1 is 0.909 bits per heavy atom. The molecule has 1 saturated carbocycles. The number of hydrogen-bond acceptors (Lipinski definition) is 2. The van der Waals surface area contributed by atoms with Crippen molar-refractivity contribution < 1.29 is 27.4 Å². The van der Waals surface area contributed by atoms with Crippen molar-refractivity contribution in [3.8, 4) is 5.75 Å². The SMILES string of the molecule is OC(c1ccc(F)cc1F)C1(Oc2ccc(F)cc2F)CC1. The molecule has 6 heteroatoms. The summed E-state index contributed by atoms with van der Waals surface area (Å²) < 4.78 is 58.6. The minimum Gasteiger partial charge on any atom is -0.481 e. The smallest absolute Gasteiger partial charge is 0.168 e. The fraction of sp³-hybridized carbons (Fsp3) is 0.250. The molecule has 1 atom stereocenters. The van der Waals surface area contributed by atoms with Crippen LogP contribution in [0.3, 0.4) is 0 Å². The number of ether oxygens (including phenoxy) is 1. The minimum atomic E-state index is -1.38. The maximum atomic E-state index is 13.8. The van der Waals surface area contributed by atoms with Gasteiger partial charge in [0, 0.05) is 17.7 Å². The van der Waals surface area contributed by atoms with Crippen molar-refractivity contribution in [2.75, 3.05) is 0 Å². The Bertz CT molecular complexity index is 713. The Kier molecular flexibility index (Phi) is 3.56. The van der Waals surface area contributed by atoms with Crippen molar-refractivity contribution in [1.29, 1.82) is 0 Å². The summed E-state index contributed by atoms with van der Waals surface area (Å²) in [5.74, 6) is -3.54. The quantitative estimate of drug-likeness (QED) is 0.868. The maximum Gasteiger partial charge on any atom is 0.168 e. The second-order valence-corrected chi connectivity index (χ2v) is 5.31. The lowest BCUT2D eigenvalue weighted by Crippen LogP contribution is -2.28. The van der Waals surface area contributed by atoms with Crippen LogP contribution in [-0.4, -0.2) is 10.7 Å². The number of hydrogen-bond donors (Lipinski definition) is 1. The highest BCUT2D eigenvalue weighted by molar-refractivity contribution is 5.30. The van der Waals surface area contributed by atoms with Crippen LogP contribution in [0, 0.1) is 23.3 Å². The molecule has 0 heterocycles. The summed E-state index contributed by atoms with van der Waals surface area (Å²) in [5.41, 5.74) is -1.31. The van der Waals surface area contributed by atoms with Crippen molar-refractivity contribution in [1.82, 2.24) is 0 Å². The third-order valence-electron chi connectivity index (χ3n) is 3.71. The zero-order valence-electron chi connectivity index (χ0n) is 11.3. The molecule has 1 N–H and O–H groups in total. The topological polar surface area (TPSA) is 29.5 Å². The van der Waals surface area contributed by atoms with Crippen LogP contribution in [0.4, 0.5) is 17.6 Å². The molecule has 2 aromatic rings. The summed E-state index contributed by atoms with van der Waals surface area (Å²) in [4.78, 5) is 0. The average Bonchev–Trinajstić information content (AvgIpc) is 3.22. The van der Waals surface area contributed by atoms with Crippen molar-refractivity contribution in [2.24, 2.45) is 0 Å². The van der Waals surface area contributed by atoms with Crippen LogP contribution in [0.1, 0.15) is 24.5 Å². The van der Waals surface area contributed by atoms with E-state index in [0.29, 0.717) is 25.0 Å². The molecule has 0 saturated heterocycles. The zero-order valence-corrected chi connectivity index (χ0v) is 11.3. The molecule has 0 bridgehead atoms. The fourth-order valence-corrected chi connectivity index (χ4v) is 2.34. The summed E-state index contributed by atoms with van der Waals surface area (Å²) >= 11 is 0. The van der Waals surface area contributed by atoms with E-state index < -0.39 is 35.0 Å². The van der Waals surface area contributed by atoms with Gasteiger partial charge in [-0.3, -0.25) is 0 Å². The van der Waals surface area contributed by atoms with Crippen molar-refractivity contribution >= 4 is 0 Å². The molecule has 1 fully saturated rings. The first-order valence-corrected chi connectivity index (χ1v) is 6.68. The molecule has 0 spiro atoms. The molecule has 22 heavy (non-hydrogen) atoms.